The number of carbonyl (C=O) groups excluding carboxylic acids is 1. The number of anilines is 1. The van der Waals surface area contributed by atoms with Gasteiger partial charge in [0.2, 0.25) is 5.82 Å². The summed E-state index contributed by atoms with van der Waals surface area (Å²) in [5.74, 6) is 0.896. The lowest BCUT2D eigenvalue weighted by Gasteiger charge is -2.27. The fraction of sp³-hybridized carbons (Fsp3) is 0.467. The van der Waals surface area contributed by atoms with Crippen LogP contribution >= 0.6 is 0 Å². The molecule has 0 saturated carbocycles. The molecular formula is C15H20N6O2. The molecule has 0 bridgehead atoms. The Kier molecular flexibility index (Phi) is 4.52. The highest BCUT2D eigenvalue weighted by Crippen LogP contribution is 2.16. The molecule has 0 aromatic carbocycles. The van der Waals surface area contributed by atoms with Gasteiger partial charge in [-0.3, -0.25) is 9.36 Å². The molecule has 1 saturated heterocycles. The quantitative estimate of drug-likeness (QED) is 0.891. The molecule has 3 rings (SSSR count). The predicted molar refractivity (Wildman–Crippen MR) is 84.8 cm³/mol. The highest BCUT2D eigenvalue weighted by atomic mass is 16.5. The Hall–Kier alpha value is -2.48. The van der Waals surface area contributed by atoms with Gasteiger partial charge >= 0.3 is 0 Å². The lowest BCUT2D eigenvalue weighted by molar-refractivity contribution is 0.0930. The van der Waals surface area contributed by atoms with Crippen molar-refractivity contribution in [1.82, 2.24) is 25.1 Å². The second kappa shape index (κ2) is 6.74. The largest absolute Gasteiger partial charge is 0.378 e. The van der Waals surface area contributed by atoms with Gasteiger partial charge in [-0.1, -0.05) is 0 Å². The zero-order valence-electron chi connectivity index (χ0n) is 13.3. The van der Waals surface area contributed by atoms with Crippen molar-refractivity contribution in [2.24, 2.45) is 0 Å². The summed E-state index contributed by atoms with van der Waals surface area (Å²) >= 11 is 0. The van der Waals surface area contributed by atoms with E-state index in [1.54, 1.807) is 10.8 Å². The van der Waals surface area contributed by atoms with Crippen LogP contribution in [0, 0.1) is 0 Å². The number of amides is 1. The van der Waals surface area contributed by atoms with Gasteiger partial charge in [-0.15, -0.1) is 10.2 Å². The Morgan fingerprint density at radius 2 is 2.09 bits per heavy atom. The summed E-state index contributed by atoms with van der Waals surface area (Å²) in [7, 11) is 0. The number of pyridine rings is 1. The van der Waals surface area contributed by atoms with E-state index in [-0.39, 0.29) is 17.8 Å². The molecule has 0 spiro atoms. The van der Waals surface area contributed by atoms with Crippen LogP contribution in [0.5, 0.6) is 0 Å². The Morgan fingerprint density at radius 1 is 1.30 bits per heavy atom. The summed E-state index contributed by atoms with van der Waals surface area (Å²) in [6, 6.07) is 3.88. The van der Waals surface area contributed by atoms with E-state index >= 15 is 0 Å². The van der Waals surface area contributed by atoms with Crippen molar-refractivity contribution in [2.75, 3.05) is 31.2 Å². The molecule has 0 aliphatic carbocycles. The SMILES string of the molecule is CC(C)NC(=O)c1nncn1-c1ccc(N2CCOCC2)nc1. The Morgan fingerprint density at radius 3 is 2.74 bits per heavy atom. The maximum absolute atomic E-state index is 12.1. The zero-order valence-corrected chi connectivity index (χ0v) is 13.3. The summed E-state index contributed by atoms with van der Waals surface area (Å²) in [5.41, 5.74) is 0.751. The number of ether oxygens (including phenoxy) is 1. The molecule has 122 valence electrons. The van der Waals surface area contributed by atoms with Crippen LogP contribution in [-0.4, -0.2) is 58.0 Å². The van der Waals surface area contributed by atoms with E-state index in [0.717, 1.165) is 24.6 Å². The Bertz CT molecular complexity index is 661. The number of nitrogens with zero attached hydrogens (tertiary/aromatic N) is 5. The van der Waals surface area contributed by atoms with Crippen molar-refractivity contribution in [3.8, 4) is 5.69 Å². The number of rotatable bonds is 4. The maximum Gasteiger partial charge on any atom is 0.289 e. The van der Waals surface area contributed by atoms with Gasteiger partial charge in [-0.2, -0.15) is 0 Å². The fourth-order valence-corrected chi connectivity index (χ4v) is 2.41. The minimum atomic E-state index is -0.255. The van der Waals surface area contributed by atoms with Gasteiger partial charge < -0.3 is 15.0 Å². The molecule has 23 heavy (non-hydrogen) atoms. The monoisotopic (exact) mass is 316 g/mol. The summed E-state index contributed by atoms with van der Waals surface area (Å²) in [5, 5.41) is 10.6. The van der Waals surface area contributed by atoms with Gasteiger partial charge in [0.05, 0.1) is 25.1 Å². The summed E-state index contributed by atoms with van der Waals surface area (Å²) in [6.07, 6.45) is 3.24. The lowest BCUT2D eigenvalue weighted by Crippen LogP contribution is -2.36. The molecule has 1 amide bonds. The van der Waals surface area contributed by atoms with Crippen LogP contribution in [-0.2, 0) is 4.74 Å². The van der Waals surface area contributed by atoms with Gasteiger partial charge in [0.1, 0.15) is 12.1 Å². The van der Waals surface area contributed by atoms with E-state index in [0.29, 0.717) is 13.2 Å². The van der Waals surface area contributed by atoms with Crippen LogP contribution in [0.1, 0.15) is 24.5 Å². The minimum absolute atomic E-state index is 0.0365. The first kappa shape index (κ1) is 15.4. The topological polar surface area (TPSA) is 85.2 Å². The number of hydrogen-bond donors (Lipinski definition) is 1. The van der Waals surface area contributed by atoms with Gasteiger partial charge in [0.25, 0.3) is 5.91 Å². The minimum Gasteiger partial charge on any atom is -0.378 e. The zero-order chi connectivity index (χ0) is 16.2. The van der Waals surface area contributed by atoms with Crippen molar-refractivity contribution in [3.63, 3.8) is 0 Å². The van der Waals surface area contributed by atoms with Crippen molar-refractivity contribution in [3.05, 3.63) is 30.5 Å². The number of carbonyl (C=O) groups is 1. The van der Waals surface area contributed by atoms with Crippen LogP contribution in [0.3, 0.4) is 0 Å². The summed E-state index contributed by atoms with van der Waals surface area (Å²) in [4.78, 5) is 18.8. The first-order valence-corrected chi connectivity index (χ1v) is 7.65. The average molecular weight is 316 g/mol. The third-order valence-electron chi connectivity index (χ3n) is 3.52. The van der Waals surface area contributed by atoms with Crippen LogP contribution in [0.25, 0.3) is 5.69 Å². The maximum atomic E-state index is 12.1. The molecule has 8 heteroatoms. The summed E-state index contributed by atoms with van der Waals surface area (Å²) in [6.45, 7) is 6.90. The van der Waals surface area contributed by atoms with Crippen molar-refractivity contribution >= 4 is 11.7 Å². The molecule has 0 radical (unpaired) electrons. The van der Waals surface area contributed by atoms with Gasteiger partial charge in [0.15, 0.2) is 0 Å². The first-order valence-electron chi connectivity index (χ1n) is 7.65. The van der Waals surface area contributed by atoms with E-state index < -0.39 is 0 Å². The third-order valence-corrected chi connectivity index (χ3v) is 3.52. The predicted octanol–water partition coefficient (Wildman–Crippen LogP) is 0.637. The van der Waals surface area contributed by atoms with E-state index in [1.807, 2.05) is 26.0 Å². The van der Waals surface area contributed by atoms with E-state index in [1.165, 1.54) is 6.33 Å². The van der Waals surface area contributed by atoms with Gasteiger partial charge in [-0.25, -0.2) is 4.98 Å². The number of hydrogen-bond acceptors (Lipinski definition) is 6. The molecule has 1 aliphatic heterocycles. The third kappa shape index (κ3) is 3.48. The van der Waals surface area contributed by atoms with E-state index in [9.17, 15) is 4.79 Å². The number of morpholine rings is 1. The van der Waals surface area contributed by atoms with Crippen molar-refractivity contribution < 1.29 is 9.53 Å². The molecular weight excluding hydrogens is 296 g/mol. The van der Waals surface area contributed by atoms with Crippen molar-refractivity contribution in [1.29, 1.82) is 0 Å². The molecule has 1 aliphatic rings. The molecule has 0 unspecified atom stereocenters. The molecule has 2 aromatic rings. The average Bonchev–Trinajstić information content (AvgIpc) is 3.05. The molecule has 0 atom stereocenters. The molecule has 1 N–H and O–H groups in total. The first-order chi connectivity index (χ1) is 11.1. The van der Waals surface area contributed by atoms with Gasteiger partial charge in [-0.05, 0) is 26.0 Å². The number of nitrogens with one attached hydrogen (secondary N) is 1. The molecule has 2 aromatic heterocycles. The molecule has 8 nitrogen and oxygen atoms in total. The van der Waals surface area contributed by atoms with Gasteiger partial charge in [0, 0.05) is 19.1 Å². The Labute approximate surface area is 134 Å². The molecule has 3 heterocycles. The second-order valence-electron chi connectivity index (χ2n) is 5.63. The van der Waals surface area contributed by atoms with Crippen LogP contribution in [0.15, 0.2) is 24.7 Å². The van der Waals surface area contributed by atoms with Crippen LogP contribution in [0.4, 0.5) is 5.82 Å². The smallest absolute Gasteiger partial charge is 0.289 e. The lowest BCUT2D eigenvalue weighted by atomic mass is 10.3. The van der Waals surface area contributed by atoms with E-state index in [4.69, 9.17) is 4.74 Å². The van der Waals surface area contributed by atoms with Crippen LogP contribution < -0.4 is 10.2 Å². The van der Waals surface area contributed by atoms with E-state index in [2.05, 4.69) is 25.4 Å². The highest BCUT2D eigenvalue weighted by molar-refractivity contribution is 5.91. The second-order valence-corrected chi connectivity index (χ2v) is 5.63. The fourth-order valence-electron chi connectivity index (χ4n) is 2.41. The highest BCUT2D eigenvalue weighted by Gasteiger charge is 2.17. The van der Waals surface area contributed by atoms with Crippen LogP contribution in [0.2, 0.25) is 0 Å². The summed E-state index contributed by atoms with van der Waals surface area (Å²) < 4.78 is 6.98. The Balaban J connectivity index is 1.80. The van der Waals surface area contributed by atoms with Crippen molar-refractivity contribution in [2.45, 2.75) is 19.9 Å². The number of aromatic nitrogens is 4. The standard InChI is InChI=1S/C15H20N6O2/c1-11(2)18-15(22)14-19-17-10-21(14)12-3-4-13(16-9-12)20-5-7-23-8-6-20/h3-4,9-11H,5-8H2,1-2H3,(H,18,22). The molecule has 1 fully saturated rings. The normalized spacial score (nSPS) is 15.0.